The number of pyridine rings is 1. The normalized spacial score (nSPS) is 11.4. The van der Waals surface area contributed by atoms with Crippen molar-refractivity contribution in [1.82, 2.24) is 24.5 Å². The Morgan fingerprint density at radius 2 is 1.88 bits per heavy atom. The number of ether oxygens (including phenoxy) is 1. The predicted octanol–water partition coefficient (Wildman–Crippen LogP) is 6.32. The average Bonchev–Trinajstić information content (AvgIpc) is 3.65. The van der Waals surface area contributed by atoms with Crippen molar-refractivity contribution < 1.29 is 23.1 Å². The Balaban J connectivity index is 1.52. The molecule has 212 valence electrons. The van der Waals surface area contributed by atoms with Crippen molar-refractivity contribution in [3.05, 3.63) is 74.7 Å². The fourth-order valence-corrected chi connectivity index (χ4v) is 5.68. The SMILES string of the molecule is CCn1cc(-c2cc(C(F)F)nc3sc(C(N)=O)c(NC(=O)c4ccn(COc5c(Cl)cccc5Cl)n4)c23)c(C)n1. The molecule has 0 aliphatic heterocycles. The van der Waals surface area contributed by atoms with Crippen LogP contribution in [-0.2, 0) is 13.3 Å². The molecule has 5 aromatic rings. The fourth-order valence-electron chi connectivity index (χ4n) is 4.16. The number of para-hydroxylation sites is 1. The number of amides is 2. The van der Waals surface area contributed by atoms with Gasteiger partial charge < -0.3 is 15.8 Å². The minimum Gasteiger partial charge on any atom is -0.468 e. The molecule has 5 rings (SSSR count). The Labute approximate surface area is 245 Å². The summed E-state index contributed by atoms with van der Waals surface area (Å²) in [6.45, 7) is 4.07. The number of carbonyl (C=O) groups is 2. The summed E-state index contributed by atoms with van der Waals surface area (Å²) in [5.74, 6) is -1.27. The molecular formula is C26H21Cl2F2N7O3S. The Morgan fingerprint density at radius 1 is 1.15 bits per heavy atom. The molecule has 0 spiro atoms. The number of hydrogen-bond acceptors (Lipinski definition) is 7. The van der Waals surface area contributed by atoms with Gasteiger partial charge in [0.15, 0.2) is 18.2 Å². The monoisotopic (exact) mass is 619 g/mol. The number of hydrogen-bond donors (Lipinski definition) is 2. The van der Waals surface area contributed by atoms with Crippen LogP contribution in [0.2, 0.25) is 10.0 Å². The number of aromatic nitrogens is 5. The molecule has 1 aromatic carbocycles. The Morgan fingerprint density at radius 3 is 2.51 bits per heavy atom. The maximum Gasteiger partial charge on any atom is 0.280 e. The molecule has 0 bridgehead atoms. The molecule has 0 saturated heterocycles. The maximum absolute atomic E-state index is 13.8. The van der Waals surface area contributed by atoms with Crippen LogP contribution in [0, 0.1) is 6.92 Å². The molecular weight excluding hydrogens is 599 g/mol. The highest BCUT2D eigenvalue weighted by atomic mass is 35.5. The van der Waals surface area contributed by atoms with E-state index in [1.807, 2.05) is 6.92 Å². The third-order valence-corrected chi connectivity index (χ3v) is 7.76. The molecule has 0 saturated carbocycles. The molecule has 4 heterocycles. The van der Waals surface area contributed by atoms with Crippen LogP contribution in [0.5, 0.6) is 5.75 Å². The number of carbonyl (C=O) groups excluding carboxylic acids is 2. The van der Waals surface area contributed by atoms with Crippen molar-refractivity contribution in [2.24, 2.45) is 5.73 Å². The molecule has 0 unspecified atom stereocenters. The van der Waals surface area contributed by atoms with Crippen LogP contribution in [0.4, 0.5) is 14.5 Å². The summed E-state index contributed by atoms with van der Waals surface area (Å²) in [7, 11) is 0. The highest BCUT2D eigenvalue weighted by Crippen LogP contribution is 2.43. The first-order valence-electron chi connectivity index (χ1n) is 12.1. The van der Waals surface area contributed by atoms with E-state index in [9.17, 15) is 18.4 Å². The number of anilines is 1. The molecule has 0 radical (unpaired) electrons. The Hall–Kier alpha value is -4.07. The first kappa shape index (κ1) is 28.5. The minimum atomic E-state index is -2.87. The summed E-state index contributed by atoms with van der Waals surface area (Å²) in [4.78, 5) is 29.8. The third-order valence-electron chi connectivity index (χ3n) is 6.06. The van der Waals surface area contributed by atoms with Crippen molar-refractivity contribution in [2.75, 3.05) is 5.32 Å². The smallest absolute Gasteiger partial charge is 0.280 e. The number of nitrogens with two attached hydrogens (primary N) is 1. The van der Waals surface area contributed by atoms with E-state index in [0.717, 1.165) is 11.3 Å². The van der Waals surface area contributed by atoms with Gasteiger partial charge >= 0.3 is 0 Å². The fraction of sp³-hybridized carbons (Fsp3) is 0.192. The lowest BCUT2D eigenvalue weighted by atomic mass is 10.0. The largest absolute Gasteiger partial charge is 0.468 e. The van der Waals surface area contributed by atoms with Gasteiger partial charge in [-0.1, -0.05) is 29.3 Å². The standard InChI is InChI=1S/C26H21Cl2F2N7O3S/c1-3-36-10-14(12(2)34-36)13-9-18(23(29)30)32-26-19(13)20(22(41-26)24(31)38)33-25(39)17-7-8-37(35-17)11-40-21-15(27)5-4-6-16(21)28/h4-10,23H,3,11H2,1-2H3,(H2,31,38)(H,33,39). The van der Waals surface area contributed by atoms with Crippen LogP contribution in [0.25, 0.3) is 21.3 Å². The van der Waals surface area contributed by atoms with E-state index in [0.29, 0.717) is 33.4 Å². The van der Waals surface area contributed by atoms with Crippen molar-refractivity contribution in [3.8, 4) is 16.9 Å². The minimum absolute atomic E-state index is 0.0117. The summed E-state index contributed by atoms with van der Waals surface area (Å²) < 4.78 is 36.3. The van der Waals surface area contributed by atoms with Crippen LogP contribution in [-0.4, -0.2) is 36.4 Å². The molecule has 0 atom stereocenters. The van der Waals surface area contributed by atoms with E-state index in [-0.39, 0.29) is 39.0 Å². The van der Waals surface area contributed by atoms with E-state index in [1.54, 1.807) is 36.0 Å². The summed E-state index contributed by atoms with van der Waals surface area (Å²) in [5, 5.41) is 12.2. The van der Waals surface area contributed by atoms with Crippen LogP contribution in [0.15, 0.2) is 42.7 Å². The van der Waals surface area contributed by atoms with Gasteiger partial charge in [0.1, 0.15) is 15.4 Å². The van der Waals surface area contributed by atoms with Gasteiger partial charge in [-0.15, -0.1) is 11.3 Å². The second-order valence-corrected chi connectivity index (χ2v) is 10.6. The summed E-state index contributed by atoms with van der Waals surface area (Å²) in [6.07, 6.45) is 0.341. The van der Waals surface area contributed by atoms with Crippen LogP contribution >= 0.6 is 34.5 Å². The number of rotatable bonds is 9. The molecule has 10 nitrogen and oxygen atoms in total. The van der Waals surface area contributed by atoms with Gasteiger partial charge in [-0.05, 0) is 43.7 Å². The number of nitrogens with one attached hydrogen (secondary N) is 1. The molecule has 0 aliphatic carbocycles. The lowest BCUT2D eigenvalue weighted by Gasteiger charge is -2.10. The number of fused-ring (bicyclic) bond motifs is 1. The first-order valence-corrected chi connectivity index (χ1v) is 13.7. The second-order valence-electron chi connectivity index (χ2n) is 8.75. The quantitative estimate of drug-likeness (QED) is 0.199. The Bertz CT molecular complexity index is 1780. The summed E-state index contributed by atoms with van der Waals surface area (Å²) in [6, 6.07) is 7.59. The lowest BCUT2D eigenvalue weighted by molar-refractivity contribution is 0.100. The number of primary amides is 1. The van der Waals surface area contributed by atoms with Gasteiger partial charge in [0.25, 0.3) is 18.2 Å². The highest BCUT2D eigenvalue weighted by Gasteiger charge is 2.27. The van der Waals surface area contributed by atoms with Crippen molar-refractivity contribution in [3.63, 3.8) is 0 Å². The van der Waals surface area contributed by atoms with E-state index in [4.69, 9.17) is 33.7 Å². The van der Waals surface area contributed by atoms with E-state index < -0.39 is 23.9 Å². The lowest BCUT2D eigenvalue weighted by Crippen LogP contribution is -2.18. The van der Waals surface area contributed by atoms with E-state index in [2.05, 4.69) is 20.5 Å². The zero-order chi connectivity index (χ0) is 29.4. The van der Waals surface area contributed by atoms with Gasteiger partial charge in [0, 0.05) is 29.9 Å². The number of halogens is 4. The van der Waals surface area contributed by atoms with Crippen molar-refractivity contribution in [2.45, 2.75) is 33.5 Å². The van der Waals surface area contributed by atoms with Gasteiger partial charge in [-0.3, -0.25) is 14.3 Å². The average molecular weight is 620 g/mol. The second kappa shape index (κ2) is 11.4. The zero-order valence-electron chi connectivity index (χ0n) is 21.5. The number of thiophene rings is 1. The van der Waals surface area contributed by atoms with Gasteiger partial charge in [0.2, 0.25) is 0 Å². The molecule has 0 aliphatic rings. The number of benzene rings is 1. The molecule has 0 fully saturated rings. The molecule has 15 heteroatoms. The van der Waals surface area contributed by atoms with Crippen molar-refractivity contribution >= 4 is 62.3 Å². The van der Waals surface area contributed by atoms with Gasteiger partial charge in [-0.2, -0.15) is 10.2 Å². The number of alkyl halides is 2. The van der Waals surface area contributed by atoms with E-state index >= 15 is 0 Å². The van der Waals surface area contributed by atoms with Gasteiger partial charge in [-0.25, -0.2) is 18.4 Å². The van der Waals surface area contributed by atoms with Crippen LogP contribution in [0.1, 0.15) is 44.9 Å². The van der Waals surface area contributed by atoms with Crippen molar-refractivity contribution in [1.29, 1.82) is 0 Å². The highest BCUT2D eigenvalue weighted by molar-refractivity contribution is 7.21. The molecule has 4 aromatic heterocycles. The molecule has 2 amide bonds. The van der Waals surface area contributed by atoms with Crippen LogP contribution < -0.4 is 15.8 Å². The van der Waals surface area contributed by atoms with E-state index in [1.165, 1.54) is 23.0 Å². The Kier molecular flexibility index (Phi) is 7.93. The molecule has 3 N–H and O–H groups in total. The summed E-state index contributed by atoms with van der Waals surface area (Å²) >= 11 is 13.1. The van der Waals surface area contributed by atoms with Gasteiger partial charge in [0.05, 0.1) is 21.4 Å². The third kappa shape index (κ3) is 5.60. The zero-order valence-corrected chi connectivity index (χ0v) is 23.8. The molecule has 41 heavy (non-hydrogen) atoms. The predicted molar refractivity (Wildman–Crippen MR) is 152 cm³/mol. The van der Waals surface area contributed by atoms with Crippen LogP contribution in [0.3, 0.4) is 0 Å². The topological polar surface area (TPSA) is 130 Å². The maximum atomic E-state index is 13.8. The number of nitrogens with zero attached hydrogens (tertiary/aromatic N) is 5. The first-order chi connectivity index (χ1) is 19.6. The summed E-state index contributed by atoms with van der Waals surface area (Å²) in [5.41, 5.74) is 6.63. The number of aryl methyl sites for hydroxylation is 2.